The number of ketones is 1. The highest BCUT2D eigenvalue weighted by atomic mass is 32.2. The van der Waals surface area contributed by atoms with Gasteiger partial charge in [0.25, 0.3) is 5.91 Å². The minimum absolute atomic E-state index is 0.0516. The van der Waals surface area contributed by atoms with Crippen LogP contribution < -0.4 is 5.32 Å². The van der Waals surface area contributed by atoms with Crippen LogP contribution in [-0.2, 0) is 27.3 Å². The molecular weight excluding hydrogens is 422 g/mol. The van der Waals surface area contributed by atoms with Crippen molar-refractivity contribution in [3.8, 4) is 0 Å². The molecule has 158 valence electrons. The van der Waals surface area contributed by atoms with E-state index in [1.807, 2.05) is 30.3 Å². The maximum Gasteiger partial charge on any atom is 0.259 e. The number of Topliss-reactive ketones (excluding diaryl/α,β-unsaturated/α-hetero) is 1. The first-order chi connectivity index (χ1) is 14.8. The van der Waals surface area contributed by atoms with Crippen molar-refractivity contribution in [3.05, 3.63) is 93.0 Å². The molecule has 2 heterocycles. The van der Waals surface area contributed by atoms with Gasteiger partial charge in [-0.25, -0.2) is 8.78 Å². The molecule has 8 heteroatoms. The Morgan fingerprint density at radius 2 is 1.81 bits per heavy atom. The van der Waals surface area contributed by atoms with E-state index in [-0.39, 0.29) is 18.1 Å². The molecule has 0 spiro atoms. The number of nitrogens with zero attached hydrogens (tertiary/aromatic N) is 1. The highest BCUT2D eigenvalue weighted by Crippen LogP contribution is 2.43. The van der Waals surface area contributed by atoms with Gasteiger partial charge in [-0.05, 0) is 36.6 Å². The van der Waals surface area contributed by atoms with E-state index in [2.05, 4.69) is 5.32 Å². The molecule has 2 aliphatic heterocycles. The summed E-state index contributed by atoms with van der Waals surface area (Å²) in [6.07, 6.45) is 1.38. The lowest BCUT2D eigenvalue weighted by Crippen LogP contribution is -2.41. The third kappa shape index (κ3) is 4.16. The van der Waals surface area contributed by atoms with Crippen LogP contribution in [-0.4, -0.2) is 22.5 Å². The molecule has 31 heavy (non-hydrogen) atoms. The second-order valence-electron chi connectivity index (χ2n) is 7.27. The number of rotatable bonds is 5. The predicted octanol–water partition coefficient (Wildman–Crippen LogP) is 3.67. The zero-order valence-electron chi connectivity index (χ0n) is 16.5. The summed E-state index contributed by atoms with van der Waals surface area (Å²) in [6.45, 7) is 1.93. The minimum Gasteiger partial charge on any atom is -0.347 e. The van der Waals surface area contributed by atoms with Gasteiger partial charge >= 0.3 is 0 Å². The predicted molar refractivity (Wildman–Crippen MR) is 112 cm³/mol. The first-order valence-corrected chi connectivity index (χ1v) is 10.4. The van der Waals surface area contributed by atoms with Gasteiger partial charge < -0.3 is 5.32 Å². The second-order valence-corrected chi connectivity index (χ2v) is 8.30. The zero-order chi connectivity index (χ0) is 22.1. The van der Waals surface area contributed by atoms with Crippen LogP contribution in [0.4, 0.5) is 8.78 Å². The number of hydrogen-bond donors (Lipinski definition) is 1. The lowest BCUT2D eigenvalue weighted by molar-refractivity contribution is -0.137. The van der Waals surface area contributed by atoms with Gasteiger partial charge in [-0.1, -0.05) is 48.2 Å². The molecule has 5 nitrogen and oxygen atoms in total. The van der Waals surface area contributed by atoms with E-state index in [4.69, 9.17) is 0 Å². The second kappa shape index (κ2) is 8.47. The summed E-state index contributed by atoms with van der Waals surface area (Å²) < 4.78 is 26.7. The molecule has 0 fully saturated rings. The molecule has 0 aromatic heterocycles. The maximum absolute atomic E-state index is 13.5. The van der Waals surface area contributed by atoms with E-state index in [9.17, 15) is 23.2 Å². The molecular formula is C23H18F2N2O3S. The van der Waals surface area contributed by atoms with Gasteiger partial charge in [-0.15, -0.1) is 0 Å². The van der Waals surface area contributed by atoms with Crippen LogP contribution in [0.2, 0.25) is 0 Å². The number of carbonyl (C=O) groups excluding carboxylic acids is 3. The highest BCUT2D eigenvalue weighted by Gasteiger charge is 2.42. The number of amides is 2. The minimum atomic E-state index is -1.06. The Balaban J connectivity index is 1.51. The summed E-state index contributed by atoms with van der Waals surface area (Å²) in [5.41, 5.74) is 1.64. The summed E-state index contributed by atoms with van der Waals surface area (Å²) >= 11 is 1.07. The van der Waals surface area contributed by atoms with E-state index in [0.29, 0.717) is 27.6 Å². The van der Waals surface area contributed by atoms with Gasteiger partial charge in [-0.2, -0.15) is 0 Å². The molecule has 1 N–H and O–H groups in total. The maximum atomic E-state index is 13.5. The molecule has 4 rings (SSSR count). The van der Waals surface area contributed by atoms with Crippen molar-refractivity contribution in [1.82, 2.24) is 10.2 Å². The van der Waals surface area contributed by atoms with Gasteiger partial charge in [0.2, 0.25) is 5.91 Å². The Bertz CT molecular complexity index is 1140. The lowest BCUT2D eigenvalue weighted by Gasteiger charge is -2.28. The Kier molecular flexibility index (Phi) is 5.73. The number of thioether (sulfide) groups is 1. The fourth-order valence-electron chi connectivity index (χ4n) is 3.48. The SMILES string of the molecule is CC1=C2SC(C(=O)NCc3ccccc3)=CN2C(=O)C(Cc2ccc(F)c(F)c2)C1=O. The molecule has 1 unspecified atom stereocenters. The Morgan fingerprint density at radius 1 is 1.06 bits per heavy atom. The number of allylic oxidation sites excluding steroid dienone is 1. The van der Waals surface area contributed by atoms with Gasteiger partial charge in [0.15, 0.2) is 17.4 Å². The number of carbonyl (C=O) groups is 3. The van der Waals surface area contributed by atoms with E-state index >= 15 is 0 Å². The third-order valence-corrected chi connectivity index (χ3v) is 6.36. The van der Waals surface area contributed by atoms with Gasteiger partial charge in [0.1, 0.15) is 5.92 Å². The Morgan fingerprint density at radius 3 is 2.52 bits per heavy atom. The molecule has 0 aliphatic carbocycles. The number of hydrogen-bond acceptors (Lipinski definition) is 4. The summed E-state index contributed by atoms with van der Waals surface area (Å²) in [5.74, 6) is -4.30. The lowest BCUT2D eigenvalue weighted by atomic mass is 9.88. The van der Waals surface area contributed by atoms with E-state index < -0.39 is 23.5 Å². The van der Waals surface area contributed by atoms with Crippen LogP contribution in [0.1, 0.15) is 18.1 Å². The molecule has 2 aliphatic rings. The summed E-state index contributed by atoms with van der Waals surface area (Å²) in [6, 6.07) is 12.7. The average Bonchev–Trinajstić information content (AvgIpc) is 3.23. The highest BCUT2D eigenvalue weighted by molar-refractivity contribution is 8.07. The Labute approximate surface area is 181 Å². The zero-order valence-corrected chi connectivity index (χ0v) is 17.3. The van der Waals surface area contributed by atoms with Gasteiger partial charge in [0, 0.05) is 18.3 Å². The normalized spacial score (nSPS) is 18.2. The quantitative estimate of drug-likeness (QED) is 0.721. The van der Waals surface area contributed by atoms with Crippen LogP contribution in [0.5, 0.6) is 0 Å². The summed E-state index contributed by atoms with van der Waals surface area (Å²) in [7, 11) is 0. The summed E-state index contributed by atoms with van der Waals surface area (Å²) in [5, 5.41) is 3.21. The van der Waals surface area contributed by atoms with Crippen LogP contribution in [0.15, 0.2) is 70.2 Å². The first-order valence-electron chi connectivity index (χ1n) is 9.59. The third-order valence-electron chi connectivity index (χ3n) is 5.16. The molecule has 0 saturated carbocycles. The van der Waals surface area contributed by atoms with Crippen molar-refractivity contribution in [3.63, 3.8) is 0 Å². The molecule has 2 aromatic rings. The average molecular weight is 440 g/mol. The van der Waals surface area contributed by atoms with Crippen molar-refractivity contribution >= 4 is 29.4 Å². The topological polar surface area (TPSA) is 66.5 Å². The smallest absolute Gasteiger partial charge is 0.259 e. The molecule has 1 atom stereocenters. The molecule has 0 saturated heterocycles. The molecule has 2 aromatic carbocycles. The van der Waals surface area contributed by atoms with Crippen LogP contribution in [0, 0.1) is 17.6 Å². The van der Waals surface area contributed by atoms with Crippen molar-refractivity contribution in [2.45, 2.75) is 19.9 Å². The summed E-state index contributed by atoms with van der Waals surface area (Å²) in [4.78, 5) is 40.0. The van der Waals surface area contributed by atoms with Gasteiger partial charge in [-0.3, -0.25) is 19.3 Å². The van der Waals surface area contributed by atoms with Gasteiger partial charge in [0.05, 0.1) is 9.93 Å². The van der Waals surface area contributed by atoms with Crippen LogP contribution in [0.3, 0.4) is 0 Å². The van der Waals surface area contributed by atoms with Crippen molar-refractivity contribution in [2.24, 2.45) is 5.92 Å². The van der Waals surface area contributed by atoms with Crippen molar-refractivity contribution < 1.29 is 23.2 Å². The molecule has 0 radical (unpaired) electrons. The molecule has 2 amide bonds. The fourth-order valence-corrected chi connectivity index (χ4v) is 4.50. The van der Waals surface area contributed by atoms with E-state index in [1.54, 1.807) is 6.92 Å². The van der Waals surface area contributed by atoms with Crippen molar-refractivity contribution in [2.75, 3.05) is 0 Å². The first kappa shape index (κ1) is 21.0. The molecule has 0 bridgehead atoms. The van der Waals surface area contributed by atoms with Crippen LogP contribution in [0.25, 0.3) is 0 Å². The van der Waals surface area contributed by atoms with E-state index in [0.717, 1.165) is 29.5 Å². The van der Waals surface area contributed by atoms with Crippen LogP contribution >= 0.6 is 11.8 Å². The standard InChI is InChI=1S/C23H18F2N2O3S/c1-13-20(28)16(9-15-7-8-17(24)18(25)10-15)22(30)27-12-19(31-23(13)27)21(29)26-11-14-5-3-2-4-6-14/h2-8,10,12,16H,9,11H2,1H3,(H,26,29). The Hall–Kier alpha value is -3.26. The fraction of sp³-hybridized carbons (Fsp3) is 0.174. The van der Waals surface area contributed by atoms with Crippen molar-refractivity contribution in [1.29, 1.82) is 0 Å². The number of fused-ring (bicyclic) bond motifs is 1. The number of halogens is 2. The number of nitrogens with one attached hydrogen (secondary N) is 1. The largest absolute Gasteiger partial charge is 0.347 e. The van der Waals surface area contributed by atoms with E-state index in [1.165, 1.54) is 17.2 Å². The number of benzene rings is 2. The monoisotopic (exact) mass is 440 g/mol.